The Morgan fingerprint density at radius 1 is 1.31 bits per heavy atom. The number of carbonyl (C=O) groups excluding carboxylic acids is 2. The van der Waals surface area contributed by atoms with Crippen molar-refractivity contribution < 1.29 is 9.59 Å². The van der Waals surface area contributed by atoms with Crippen molar-refractivity contribution in [2.45, 2.75) is 30.7 Å². The van der Waals surface area contributed by atoms with Crippen LogP contribution in [0.15, 0.2) is 47.8 Å². The van der Waals surface area contributed by atoms with Crippen molar-refractivity contribution in [1.29, 1.82) is 0 Å². The fourth-order valence-corrected chi connectivity index (χ4v) is 4.54. The summed E-state index contributed by atoms with van der Waals surface area (Å²) in [5.41, 5.74) is 1.98. The molecular formula is C21H25N5O2S. The second kappa shape index (κ2) is 9.28. The summed E-state index contributed by atoms with van der Waals surface area (Å²) >= 11 is 1.73. The van der Waals surface area contributed by atoms with E-state index in [2.05, 4.69) is 25.1 Å². The van der Waals surface area contributed by atoms with Crippen LogP contribution in [-0.4, -0.2) is 57.7 Å². The number of imidazole rings is 1. The van der Waals surface area contributed by atoms with Gasteiger partial charge >= 0.3 is 0 Å². The van der Waals surface area contributed by atoms with Crippen molar-refractivity contribution in [3.63, 3.8) is 0 Å². The number of amides is 2. The second-order valence-electron chi connectivity index (χ2n) is 7.15. The molecule has 8 heteroatoms. The molecule has 2 aliphatic heterocycles. The number of nitrogens with zero attached hydrogens (tertiary/aromatic N) is 3. The largest absolute Gasteiger partial charge is 0.353 e. The molecule has 29 heavy (non-hydrogen) atoms. The maximum absolute atomic E-state index is 12.5. The lowest BCUT2D eigenvalue weighted by molar-refractivity contribution is -0.133. The Morgan fingerprint density at radius 2 is 2.17 bits per heavy atom. The number of hydrogen-bond donors (Lipinski definition) is 2. The van der Waals surface area contributed by atoms with Crippen LogP contribution in [0.4, 0.5) is 0 Å². The number of fused-ring (bicyclic) bond motifs is 1. The Labute approximate surface area is 174 Å². The highest BCUT2D eigenvalue weighted by Crippen LogP contribution is 2.24. The van der Waals surface area contributed by atoms with Crippen molar-refractivity contribution in [3.05, 3.63) is 53.9 Å². The van der Waals surface area contributed by atoms with Gasteiger partial charge in [0.25, 0.3) is 0 Å². The third-order valence-electron chi connectivity index (χ3n) is 5.09. The number of rotatable bonds is 7. The molecule has 0 aliphatic carbocycles. The van der Waals surface area contributed by atoms with Crippen LogP contribution in [0, 0.1) is 0 Å². The van der Waals surface area contributed by atoms with E-state index in [1.54, 1.807) is 11.8 Å². The van der Waals surface area contributed by atoms with E-state index in [0.717, 1.165) is 35.3 Å². The highest BCUT2D eigenvalue weighted by atomic mass is 32.2. The van der Waals surface area contributed by atoms with E-state index in [4.69, 9.17) is 0 Å². The van der Waals surface area contributed by atoms with Gasteiger partial charge in [-0.1, -0.05) is 54.2 Å². The van der Waals surface area contributed by atoms with Gasteiger partial charge in [-0.15, -0.1) is 0 Å². The molecule has 1 unspecified atom stereocenters. The van der Waals surface area contributed by atoms with Gasteiger partial charge in [0.2, 0.25) is 11.8 Å². The van der Waals surface area contributed by atoms with Gasteiger partial charge in [0.1, 0.15) is 0 Å². The summed E-state index contributed by atoms with van der Waals surface area (Å²) in [6, 6.07) is 9.59. The first-order chi connectivity index (χ1) is 14.2. The number of carbonyl (C=O) groups is 2. The first kappa shape index (κ1) is 19.7. The molecule has 1 aromatic carbocycles. The maximum atomic E-state index is 12.5. The van der Waals surface area contributed by atoms with E-state index in [1.165, 1.54) is 0 Å². The molecule has 1 atom stereocenters. The summed E-state index contributed by atoms with van der Waals surface area (Å²) in [7, 11) is 0. The molecule has 0 radical (unpaired) electrons. The maximum Gasteiger partial charge on any atom is 0.237 e. The van der Waals surface area contributed by atoms with Gasteiger partial charge in [-0.05, 0) is 5.56 Å². The molecule has 7 nitrogen and oxygen atoms in total. The highest BCUT2D eigenvalue weighted by molar-refractivity contribution is 7.99. The van der Waals surface area contributed by atoms with Crippen molar-refractivity contribution in [3.8, 4) is 0 Å². The predicted octanol–water partition coefficient (Wildman–Crippen LogP) is 1.51. The molecule has 3 heterocycles. The van der Waals surface area contributed by atoms with Crippen LogP contribution in [0.2, 0.25) is 0 Å². The normalized spacial score (nSPS) is 19.3. The van der Waals surface area contributed by atoms with Gasteiger partial charge in [0, 0.05) is 38.1 Å². The van der Waals surface area contributed by atoms with E-state index in [9.17, 15) is 9.59 Å². The number of piperazine rings is 1. The van der Waals surface area contributed by atoms with Crippen molar-refractivity contribution in [2.75, 3.05) is 25.4 Å². The lowest BCUT2D eigenvalue weighted by atomic mass is 10.1. The van der Waals surface area contributed by atoms with Gasteiger partial charge in [-0.25, -0.2) is 4.98 Å². The van der Waals surface area contributed by atoms with Crippen LogP contribution in [0.25, 0.3) is 6.08 Å². The quantitative estimate of drug-likeness (QED) is 0.722. The molecule has 2 aliphatic rings. The Kier molecular flexibility index (Phi) is 6.31. The predicted molar refractivity (Wildman–Crippen MR) is 113 cm³/mol. The summed E-state index contributed by atoms with van der Waals surface area (Å²) < 4.78 is 2.11. The molecule has 0 bridgehead atoms. The van der Waals surface area contributed by atoms with Crippen LogP contribution in [0.1, 0.15) is 17.7 Å². The fourth-order valence-electron chi connectivity index (χ4n) is 3.57. The molecule has 0 saturated carbocycles. The number of benzene rings is 1. The Balaban J connectivity index is 1.30. The lowest BCUT2D eigenvalue weighted by Crippen LogP contribution is -2.56. The molecule has 1 aromatic heterocycles. The van der Waals surface area contributed by atoms with Crippen LogP contribution in [0.3, 0.4) is 0 Å². The number of thioether (sulfide) groups is 1. The van der Waals surface area contributed by atoms with E-state index in [-0.39, 0.29) is 18.2 Å². The van der Waals surface area contributed by atoms with Gasteiger partial charge in [-0.2, -0.15) is 0 Å². The number of hydrogen-bond acceptors (Lipinski definition) is 5. The summed E-state index contributed by atoms with van der Waals surface area (Å²) in [5, 5.41) is 6.79. The number of nitrogens with one attached hydrogen (secondary N) is 2. The third-order valence-corrected chi connectivity index (χ3v) is 6.06. The molecule has 152 valence electrons. The SMILES string of the molecule is O=C(CC1C(=O)NCCN1C/C=C/c1ccccc1)NCc1cn2c(n1)SCC2. The summed E-state index contributed by atoms with van der Waals surface area (Å²) in [4.78, 5) is 31.4. The molecule has 1 fully saturated rings. The number of aromatic nitrogens is 2. The van der Waals surface area contributed by atoms with Crippen molar-refractivity contribution >= 4 is 29.7 Å². The van der Waals surface area contributed by atoms with E-state index in [0.29, 0.717) is 19.6 Å². The third kappa shape index (κ3) is 5.07. The molecule has 1 saturated heterocycles. The molecule has 2 N–H and O–H groups in total. The van der Waals surface area contributed by atoms with E-state index >= 15 is 0 Å². The minimum Gasteiger partial charge on any atom is -0.353 e. The topological polar surface area (TPSA) is 79.3 Å². The van der Waals surface area contributed by atoms with Crippen LogP contribution < -0.4 is 10.6 Å². The zero-order valence-corrected chi connectivity index (χ0v) is 17.0. The molecular weight excluding hydrogens is 386 g/mol. The van der Waals surface area contributed by atoms with Crippen molar-refractivity contribution in [1.82, 2.24) is 25.1 Å². The second-order valence-corrected chi connectivity index (χ2v) is 8.21. The monoisotopic (exact) mass is 411 g/mol. The fraction of sp³-hybridized carbons (Fsp3) is 0.381. The lowest BCUT2D eigenvalue weighted by Gasteiger charge is -2.33. The molecule has 2 amide bonds. The first-order valence-corrected chi connectivity index (χ1v) is 10.9. The first-order valence-electron chi connectivity index (χ1n) is 9.88. The van der Waals surface area contributed by atoms with Gasteiger partial charge in [0.15, 0.2) is 5.16 Å². The average Bonchev–Trinajstić information content (AvgIpc) is 3.31. The average molecular weight is 412 g/mol. The molecule has 4 rings (SSSR count). The minimum absolute atomic E-state index is 0.0862. The van der Waals surface area contributed by atoms with Gasteiger partial charge < -0.3 is 15.2 Å². The zero-order chi connectivity index (χ0) is 20.1. The Bertz CT molecular complexity index is 874. The highest BCUT2D eigenvalue weighted by Gasteiger charge is 2.30. The standard InChI is InChI=1S/C21H25N5O2S/c27-19(23-14-17-15-26-11-12-29-21(26)24-17)13-18-20(28)22-8-10-25(18)9-4-7-16-5-2-1-3-6-16/h1-7,15,18H,8-14H2,(H,22,28)(H,23,27)/b7-4+. The zero-order valence-electron chi connectivity index (χ0n) is 16.2. The smallest absolute Gasteiger partial charge is 0.237 e. The van der Waals surface area contributed by atoms with Gasteiger partial charge in [0.05, 0.1) is 24.7 Å². The minimum atomic E-state index is -0.452. The number of aryl methyl sites for hydroxylation is 1. The van der Waals surface area contributed by atoms with Crippen LogP contribution >= 0.6 is 11.8 Å². The molecule has 2 aromatic rings. The van der Waals surface area contributed by atoms with Crippen LogP contribution in [-0.2, 0) is 22.7 Å². The molecule has 0 spiro atoms. The summed E-state index contributed by atoms with van der Waals surface area (Å²) in [6.45, 7) is 3.32. The van der Waals surface area contributed by atoms with Gasteiger partial charge in [-0.3, -0.25) is 14.5 Å². The van der Waals surface area contributed by atoms with Crippen molar-refractivity contribution in [2.24, 2.45) is 0 Å². The summed E-state index contributed by atoms with van der Waals surface area (Å²) in [5.74, 6) is 0.835. The Morgan fingerprint density at radius 3 is 3.00 bits per heavy atom. The Hall–Kier alpha value is -2.58. The van der Waals surface area contributed by atoms with E-state index in [1.807, 2.05) is 48.7 Å². The summed E-state index contributed by atoms with van der Waals surface area (Å²) in [6.07, 6.45) is 6.22. The van der Waals surface area contributed by atoms with Crippen LogP contribution in [0.5, 0.6) is 0 Å². The van der Waals surface area contributed by atoms with E-state index < -0.39 is 6.04 Å².